The van der Waals surface area contributed by atoms with Crippen LogP contribution in [0.2, 0.25) is 0 Å². The summed E-state index contributed by atoms with van der Waals surface area (Å²) in [5.41, 5.74) is 4.76. The van der Waals surface area contributed by atoms with E-state index in [0.717, 1.165) is 45.6 Å². The van der Waals surface area contributed by atoms with E-state index in [0.29, 0.717) is 18.5 Å². The first kappa shape index (κ1) is 35.1. The molecule has 14 heteroatoms. The van der Waals surface area contributed by atoms with Gasteiger partial charge in [-0.1, -0.05) is 36.4 Å². The summed E-state index contributed by atoms with van der Waals surface area (Å²) in [6.45, 7) is 8.48. The van der Waals surface area contributed by atoms with Crippen LogP contribution in [-0.2, 0) is 40.5 Å². The molecule has 0 N–H and O–H groups in total. The zero-order valence-corrected chi connectivity index (χ0v) is 28.9. The zero-order chi connectivity index (χ0) is 35.8. The molecule has 2 atom stereocenters. The maximum Gasteiger partial charge on any atom is 0.417 e. The number of fused-ring (bicyclic) bond motifs is 2. The third-order valence-corrected chi connectivity index (χ3v) is 11.1. The van der Waals surface area contributed by atoms with E-state index in [1.54, 1.807) is 10.7 Å². The van der Waals surface area contributed by atoms with Gasteiger partial charge in [0.25, 0.3) is 0 Å². The smallest absolute Gasteiger partial charge is 0.417 e. The highest BCUT2D eigenvalue weighted by Crippen LogP contribution is 2.37. The van der Waals surface area contributed by atoms with Crippen molar-refractivity contribution in [2.24, 2.45) is 0 Å². The van der Waals surface area contributed by atoms with Crippen LogP contribution < -0.4 is 4.74 Å². The molecule has 0 bridgehead atoms. The number of rotatable bonds is 10. The van der Waals surface area contributed by atoms with Crippen LogP contribution in [0.5, 0.6) is 5.88 Å². The summed E-state index contributed by atoms with van der Waals surface area (Å²) in [5, 5.41) is 8.65. The Kier molecular flexibility index (Phi) is 9.78. The Balaban J connectivity index is 1.39. The summed E-state index contributed by atoms with van der Waals surface area (Å²) in [4.78, 5) is 21.6. The lowest BCUT2D eigenvalue weighted by molar-refractivity contribution is -0.138. The fourth-order valence-corrected chi connectivity index (χ4v) is 7.94. The molecule has 10 nitrogen and oxygen atoms in total. The first-order valence-electron chi connectivity index (χ1n) is 16.4. The van der Waals surface area contributed by atoms with Crippen molar-refractivity contribution in [3.63, 3.8) is 0 Å². The largest absolute Gasteiger partial charge is 0.472 e. The number of carbonyl (C=O) groups is 1. The molecule has 0 radical (unpaired) electrons. The molecule has 6 rings (SSSR count). The summed E-state index contributed by atoms with van der Waals surface area (Å²) >= 11 is 0. The quantitative estimate of drug-likeness (QED) is 0.160. The molecule has 2 aromatic carbocycles. The second-order valence-corrected chi connectivity index (χ2v) is 14.4. The number of aromatic nitrogens is 5. The van der Waals surface area contributed by atoms with Gasteiger partial charge in [0, 0.05) is 50.4 Å². The Morgan fingerprint density at radius 2 is 1.88 bits per heavy atom. The van der Waals surface area contributed by atoms with E-state index in [4.69, 9.17) is 4.74 Å². The minimum absolute atomic E-state index is 0.00126. The number of Topliss-reactive ketones (excluding diaryl/α,β-unsaturated/α-hetero) is 1. The van der Waals surface area contributed by atoms with E-state index < -0.39 is 33.8 Å². The third kappa shape index (κ3) is 6.99. The molecule has 0 spiro atoms. The van der Waals surface area contributed by atoms with E-state index in [1.165, 1.54) is 22.8 Å². The second kappa shape index (κ2) is 13.9. The maximum atomic E-state index is 13.9. The summed E-state index contributed by atoms with van der Waals surface area (Å²) in [6, 6.07) is 13.6. The number of aryl methyl sites for hydroxylation is 3. The number of hydrogen-bond donors (Lipinski definition) is 0. The van der Waals surface area contributed by atoms with Crippen LogP contribution in [0.3, 0.4) is 0 Å². The minimum atomic E-state index is -4.59. The maximum absolute atomic E-state index is 13.9. The fraction of sp³-hybridized carbons (Fsp3) is 0.361. The number of nitrogens with zero attached hydrogens (tertiary/aromatic N) is 6. The standard InChI is InChI=1S/C36H37F3N6O4S/c1-5-29-21-44(50(47,48)33-8-7-13-41-35(33)49-29)20-26-16-25(10-9-22(26)3)31(30-11-12-32-34(23(30)4)42-43-45(32)6-2)17-28(46)15-24-14-27(19-40-18-24)36(37,38)39/h7-14,16,18-19,29,31H,5-6,15,17,20-21H2,1-4H3/t29-,31+/m1/s1. The second-order valence-electron chi connectivity index (χ2n) is 12.5. The van der Waals surface area contributed by atoms with Gasteiger partial charge in [0.2, 0.25) is 15.9 Å². The Labute approximate surface area is 288 Å². The van der Waals surface area contributed by atoms with Crippen LogP contribution in [0.25, 0.3) is 11.0 Å². The number of benzene rings is 2. The number of hydrogen-bond acceptors (Lipinski definition) is 8. The van der Waals surface area contributed by atoms with Crippen LogP contribution >= 0.6 is 0 Å². The van der Waals surface area contributed by atoms with E-state index in [1.807, 2.05) is 58.0 Å². The van der Waals surface area contributed by atoms with Gasteiger partial charge in [-0.3, -0.25) is 9.78 Å². The van der Waals surface area contributed by atoms with Crippen LogP contribution in [0.4, 0.5) is 13.2 Å². The van der Waals surface area contributed by atoms with Gasteiger partial charge in [-0.15, -0.1) is 5.10 Å². The first-order valence-corrected chi connectivity index (χ1v) is 17.8. The van der Waals surface area contributed by atoms with E-state index >= 15 is 0 Å². The molecule has 3 aromatic heterocycles. The highest BCUT2D eigenvalue weighted by molar-refractivity contribution is 7.89. The number of ether oxygens (including phenoxy) is 1. The SMILES string of the molecule is CC[C@@H]1CN(Cc2cc([C@H](CC(=O)Cc3cncc(C(F)(F)F)c3)c3ccc4c(nnn4CC)c3C)ccc2C)S(=O)(=O)c2cccnc2O1. The molecule has 0 aliphatic carbocycles. The highest BCUT2D eigenvalue weighted by atomic mass is 32.2. The van der Waals surface area contributed by atoms with Crippen LogP contribution in [-0.4, -0.2) is 56.1 Å². The van der Waals surface area contributed by atoms with Crippen molar-refractivity contribution in [3.8, 4) is 5.88 Å². The van der Waals surface area contributed by atoms with Gasteiger partial charge in [0.15, 0.2) is 0 Å². The molecule has 0 unspecified atom stereocenters. The third-order valence-electron chi connectivity index (χ3n) is 9.23. The van der Waals surface area contributed by atoms with Crippen LogP contribution in [0.1, 0.15) is 71.6 Å². The van der Waals surface area contributed by atoms with Crippen molar-refractivity contribution in [1.82, 2.24) is 29.3 Å². The number of carbonyl (C=O) groups excluding carboxylic acids is 1. The summed E-state index contributed by atoms with van der Waals surface area (Å²) < 4.78 is 77.2. The summed E-state index contributed by atoms with van der Waals surface area (Å²) in [6.07, 6.45) is -1.19. The van der Waals surface area contributed by atoms with Crippen molar-refractivity contribution in [2.45, 2.75) is 83.1 Å². The first-order chi connectivity index (χ1) is 23.8. The van der Waals surface area contributed by atoms with Crippen molar-refractivity contribution in [3.05, 3.63) is 106 Å². The molecular weight excluding hydrogens is 669 g/mol. The molecule has 0 amide bonds. The molecule has 4 heterocycles. The topological polar surface area (TPSA) is 120 Å². The molecule has 1 aliphatic rings. The minimum Gasteiger partial charge on any atom is -0.472 e. The predicted octanol–water partition coefficient (Wildman–Crippen LogP) is 6.57. The molecular formula is C36H37F3N6O4S. The number of ketones is 1. The Hall–Kier alpha value is -4.69. The van der Waals surface area contributed by atoms with Crippen molar-refractivity contribution in [1.29, 1.82) is 0 Å². The lowest BCUT2D eigenvalue weighted by Crippen LogP contribution is -2.36. The monoisotopic (exact) mass is 706 g/mol. The van der Waals surface area contributed by atoms with Crippen molar-refractivity contribution >= 4 is 26.8 Å². The summed E-state index contributed by atoms with van der Waals surface area (Å²) in [7, 11) is -3.97. The number of pyridine rings is 2. The number of alkyl halides is 3. The predicted molar refractivity (Wildman–Crippen MR) is 180 cm³/mol. The van der Waals surface area contributed by atoms with Gasteiger partial charge in [0.1, 0.15) is 22.3 Å². The van der Waals surface area contributed by atoms with Gasteiger partial charge in [0.05, 0.1) is 17.6 Å². The highest BCUT2D eigenvalue weighted by Gasteiger charge is 2.36. The molecule has 262 valence electrons. The van der Waals surface area contributed by atoms with Crippen molar-refractivity contribution < 1.29 is 31.1 Å². The molecule has 0 fully saturated rings. The lowest BCUT2D eigenvalue weighted by Gasteiger charge is -2.25. The van der Waals surface area contributed by atoms with E-state index in [9.17, 15) is 26.4 Å². The van der Waals surface area contributed by atoms with Crippen molar-refractivity contribution in [2.75, 3.05) is 6.54 Å². The number of sulfonamides is 1. The van der Waals surface area contributed by atoms with Gasteiger partial charge in [-0.2, -0.15) is 17.5 Å². The summed E-state index contributed by atoms with van der Waals surface area (Å²) in [5.74, 6) is -0.723. The fourth-order valence-electron chi connectivity index (χ4n) is 6.42. The van der Waals surface area contributed by atoms with Crippen LogP contribution in [0, 0.1) is 13.8 Å². The molecule has 5 aromatic rings. The Morgan fingerprint density at radius 3 is 2.62 bits per heavy atom. The molecule has 0 saturated heterocycles. The Bertz CT molecular complexity index is 2170. The lowest BCUT2D eigenvalue weighted by atomic mass is 9.82. The normalized spacial score (nSPS) is 16.8. The average molecular weight is 707 g/mol. The molecule has 1 aliphatic heterocycles. The zero-order valence-electron chi connectivity index (χ0n) is 28.1. The Morgan fingerprint density at radius 1 is 1.08 bits per heavy atom. The van der Waals surface area contributed by atoms with Gasteiger partial charge in [-0.25, -0.2) is 18.1 Å². The molecule has 50 heavy (non-hydrogen) atoms. The van der Waals surface area contributed by atoms with Crippen LogP contribution in [0.15, 0.2) is 72.0 Å². The van der Waals surface area contributed by atoms with E-state index in [-0.39, 0.29) is 48.1 Å². The van der Waals surface area contributed by atoms with Gasteiger partial charge >= 0.3 is 6.18 Å². The van der Waals surface area contributed by atoms with Gasteiger partial charge < -0.3 is 4.74 Å². The van der Waals surface area contributed by atoms with E-state index in [2.05, 4.69) is 20.3 Å². The average Bonchev–Trinajstić information content (AvgIpc) is 3.47. The number of halogens is 3. The van der Waals surface area contributed by atoms with Gasteiger partial charge in [-0.05, 0) is 84.8 Å². The molecule has 0 saturated carbocycles.